The first kappa shape index (κ1) is 35.2. The maximum Gasteiger partial charge on any atom is 0.411 e. The predicted octanol–water partition coefficient (Wildman–Crippen LogP) is 6.76. The molecule has 3 unspecified atom stereocenters. The molecule has 12 nitrogen and oxygen atoms in total. The van der Waals surface area contributed by atoms with Crippen LogP contribution in [0, 0.1) is 5.92 Å². The maximum absolute atomic E-state index is 13.4. The number of fused-ring (bicyclic) bond motifs is 4. The van der Waals surface area contributed by atoms with E-state index < -0.39 is 12.1 Å². The molecule has 2 aromatic carbocycles. The number of benzene rings is 2. The Labute approximate surface area is 279 Å². The summed E-state index contributed by atoms with van der Waals surface area (Å²) in [7, 11) is 4.61. The first-order valence-corrected chi connectivity index (χ1v) is 15.8. The number of aromatic nitrogens is 1. The van der Waals surface area contributed by atoms with Crippen LogP contribution in [0.5, 0.6) is 0 Å². The van der Waals surface area contributed by atoms with Crippen LogP contribution in [0.4, 0.5) is 26.7 Å². The summed E-state index contributed by atoms with van der Waals surface area (Å²) in [6.45, 7) is 2.32. The number of amides is 5. The van der Waals surface area contributed by atoms with Crippen LogP contribution in [0.15, 0.2) is 54.7 Å². The normalized spacial score (nSPS) is 16.7. The predicted molar refractivity (Wildman–Crippen MR) is 181 cm³/mol. The standard InChI is InChI=1S/C34H41ClN6O6/c1-21-7-5-8-28(40-33(44)41(2)16-6-9-31(46-3)26-18-23(35)10-13-27(26)37-20-42)30-17-22(14-15-36-30)25-12-11-24(38-34(45)47-4)19-29(25)39-32(21)43/h10-15,17-21,28,31H,5-9,16H2,1-4H3,(H,37,42)(H,38,45)(H,39,43)(H,40,44). The fourth-order valence-electron chi connectivity index (χ4n) is 5.53. The number of urea groups is 1. The van der Waals surface area contributed by atoms with Gasteiger partial charge in [0.15, 0.2) is 0 Å². The third-order valence-electron chi connectivity index (χ3n) is 8.20. The van der Waals surface area contributed by atoms with E-state index in [-0.39, 0.29) is 24.0 Å². The van der Waals surface area contributed by atoms with E-state index in [0.29, 0.717) is 72.8 Å². The van der Waals surface area contributed by atoms with Gasteiger partial charge in [0, 0.05) is 60.3 Å². The van der Waals surface area contributed by atoms with Gasteiger partial charge < -0.3 is 30.3 Å². The first-order chi connectivity index (χ1) is 22.6. The van der Waals surface area contributed by atoms with Gasteiger partial charge in [0.05, 0.1) is 30.6 Å². The van der Waals surface area contributed by atoms with Crippen molar-refractivity contribution in [2.45, 2.75) is 51.2 Å². The molecule has 5 amide bonds. The minimum Gasteiger partial charge on any atom is -0.453 e. The summed E-state index contributed by atoms with van der Waals surface area (Å²) in [5, 5.41) is 12.0. The van der Waals surface area contributed by atoms with Gasteiger partial charge in [-0.3, -0.25) is 19.9 Å². The third-order valence-corrected chi connectivity index (χ3v) is 8.43. The lowest BCUT2D eigenvalue weighted by Crippen LogP contribution is -2.40. The van der Waals surface area contributed by atoms with E-state index in [4.69, 9.17) is 21.1 Å². The molecule has 3 aromatic rings. The van der Waals surface area contributed by atoms with Crippen molar-refractivity contribution in [3.63, 3.8) is 0 Å². The number of rotatable bonds is 10. The van der Waals surface area contributed by atoms with Gasteiger partial charge in [0.25, 0.3) is 0 Å². The molecular formula is C34H41ClN6O6. The van der Waals surface area contributed by atoms with Crippen molar-refractivity contribution < 1.29 is 28.7 Å². The highest BCUT2D eigenvalue weighted by Crippen LogP contribution is 2.34. The molecule has 1 aliphatic heterocycles. The molecule has 0 fully saturated rings. The molecule has 13 heteroatoms. The topological polar surface area (TPSA) is 151 Å². The minimum absolute atomic E-state index is 0.141. The summed E-state index contributed by atoms with van der Waals surface area (Å²) in [5.74, 6) is -0.432. The number of methoxy groups -OCH3 is 2. The zero-order valence-corrected chi connectivity index (χ0v) is 27.7. The van der Waals surface area contributed by atoms with Gasteiger partial charge in [0.2, 0.25) is 12.3 Å². The Morgan fingerprint density at radius 1 is 1.15 bits per heavy atom. The van der Waals surface area contributed by atoms with Gasteiger partial charge in [-0.1, -0.05) is 31.0 Å². The largest absolute Gasteiger partial charge is 0.453 e. The molecule has 2 heterocycles. The molecule has 4 rings (SSSR count). The van der Waals surface area contributed by atoms with Gasteiger partial charge in [-0.15, -0.1) is 0 Å². The molecule has 250 valence electrons. The second-order valence-corrected chi connectivity index (χ2v) is 11.9. The van der Waals surface area contributed by atoms with Crippen molar-refractivity contribution in [2.75, 3.05) is 43.8 Å². The van der Waals surface area contributed by atoms with Crippen LogP contribution in [0.1, 0.15) is 62.4 Å². The van der Waals surface area contributed by atoms with Gasteiger partial charge >= 0.3 is 12.1 Å². The van der Waals surface area contributed by atoms with Gasteiger partial charge in [-0.05, 0) is 73.7 Å². The van der Waals surface area contributed by atoms with Crippen LogP contribution in [0.2, 0.25) is 5.02 Å². The fourth-order valence-corrected chi connectivity index (χ4v) is 5.71. The Bertz CT molecular complexity index is 1590. The molecule has 3 atom stereocenters. The molecule has 47 heavy (non-hydrogen) atoms. The molecule has 0 saturated heterocycles. The molecule has 4 N–H and O–H groups in total. The van der Waals surface area contributed by atoms with Gasteiger partial charge in [-0.25, -0.2) is 9.59 Å². The number of nitrogens with one attached hydrogen (secondary N) is 4. The molecule has 2 bridgehead atoms. The third kappa shape index (κ3) is 9.43. The van der Waals surface area contributed by atoms with Crippen LogP contribution < -0.4 is 21.3 Å². The quantitative estimate of drug-likeness (QED) is 0.175. The average Bonchev–Trinajstić information content (AvgIpc) is 3.06. The van der Waals surface area contributed by atoms with Crippen LogP contribution in [-0.2, 0) is 19.1 Å². The zero-order valence-electron chi connectivity index (χ0n) is 27.0. The van der Waals surface area contributed by atoms with E-state index in [1.165, 1.54) is 7.11 Å². The zero-order chi connectivity index (χ0) is 33.9. The Kier molecular flexibility index (Phi) is 12.5. The summed E-state index contributed by atoms with van der Waals surface area (Å²) < 4.78 is 10.4. The first-order valence-electron chi connectivity index (χ1n) is 15.4. The Balaban J connectivity index is 1.49. The molecule has 1 aliphatic rings. The summed E-state index contributed by atoms with van der Waals surface area (Å²) >= 11 is 6.21. The number of hydrogen-bond acceptors (Lipinski definition) is 7. The van der Waals surface area contributed by atoms with Crippen molar-refractivity contribution in [2.24, 2.45) is 5.92 Å². The minimum atomic E-state index is -0.617. The Hall–Kier alpha value is -4.68. The van der Waals surface area contributed by atoms with Gasteiger partial charge in [0.1, 0.15) is 0 Å². The lowest BCUT2D eigenvalue weighted by Gasteiger charge is -2.26. The second-order valence-electron chi connectivity index (χ2n) is 11.5. The SMILES string of the molecule is COC(=O)Nc1ccc2c(c1)NC(=O)C(C)CCCC(NC(=O)N(C)CCCC(OC)c1cc(Cl)ccc1NC=O)c1cc-2ccn1. The number of hydrogen-bond donors (Lipinski definition) is 4. The van der Waals surface area contributed by atoms with E-state index in [9.17, 15) is 19.2 Å². The summed E-state index contributed by atoms with van der Waals surface area (Å²) in [5.41, 5.74) is 4.63. The number of carbonyl (C=O) groups excluding carboxylic acids is 4. The molecule has 0 spiro atoms. The number of carbonyl (C=O) groups is 4. The number of halogens is 1. The highest BCUT2D eigenvalue weighted by molar-refractivity contribution is 6.30. The molecule has 0 aliphatic carbocycles. The lowest BCUT2D eigenvalue weighted by atomic mass is 9.95. The van der Waals surface area contributed by atoms with E-state index >= 15 is 0 Å². The smallest absolute Gasteiger partial charge is 0.411 e. The van der Waals surface area contributed by atoms with E-state index in [1.807, 2.05) is 25.1 Å². The van der Waals surface area contributed by atoms with Crippen molar-refractivity contribution in [1.29, 1.82) is 0 Å². The van der Waals surface area contributed by atoms with Crippen molar-refractivity contribution >= 4 is 53.1 Å². The Morgan fingerprint density at radius 2 is 1.96 bits per heavy atom. The fraction of sp³-hybridized carbons (Fsp3) is 0.382. The average molecular weight is 665 g/mol. The number of nitrogens with zero attached hydrogens (tertiary/aromatic N) is 2. The lowest BCUT2D eigenvalue weighted by molar-refractivity contribution is -0.119. The van der Waals surface area contributed by atoms with E-state index in [2.05, 4.69) is 26.3 Å². The summed E-state index contributed by atoms with van der Waals surface area (Å²) in [4.78, 5) is 55.7. The summed E-state index contributed by atoms with van der Waals surface area (Å²) in [6.07, 6.45) is 4.44. The monoisotopic (exact) mass is 664 g/mol. The molecule has 0 radical (unpaired) electrons. The highest BCUT2D eigenvalue weighted by atomic mass is 35.5. The summed E-state index contributed by atoms with van der Waals surface area (Å²) in [6, 6.07) is 13.5. The van der Waals surface area contributed by atoms with Crippen molar-refractivity contribution in [3.05, 3.63) is 71.0 Å². The number of anilines is 3. The molecule has 0 saturated carbocycles. The van der Waals surface area contributed by atoms with Gasteiger partial charge in [-0.2, -0.15) is 0 Å². The molecule has 1 aromatic heterocycles. The van der Waals surface area contributed by atoms with E-state index in [1.54, 1.807) is 55.6 Å². The Morgan fingerprint density at radius 3 is 2.70 bits per heavy atom. The second kappa shape index (κ2) is 16.8. The maximum atomic E-state index is 13.4. The van der Waals surface area contributed by atoms with Crippen molar-refractivity contribution in [3.8, 4) is 11.1 Å². The highest BCUT2D eigenvalue weighted by Gasteiger charge is 2.23. The van der Waals surface area contributed by atoms with Crippen LogP contribution in [0.3, 0.4) is 0 Å². The van der Waals surface area contributed by atoms with E-state index in [0.717, 1.165) is 16.7 Å². The van der Waals surface area contributed by atoms with Crippen LogP contribution in [-0.4, -0.2) is 62.1 Å². The molecular weight excluding hydrogens is 624 g/mol. The van der Waals surface area contributed by atoms with Crippen LogP contribution >= 0.6 is 11.6 Å². The number of pyridine rings is 1. The van der Waals surface area contributed by atoms with Crippen molar-refractivity contribution in [1.82, 2.24) is 15.2 Å². The number of ether oxygens (including phenoxy) is 2. The van der Waals surface area contributed by atoms with Crippen LogP contribution in [0.25, 0.3) is 11.1 Å².